The number of carbonyl (C=O) groups excluding carboxylic acids is 1. The molecule has 4 rings (SSSR count). The van der Waals surface area contributed by atoms with Crippen molar-refractivity contribution in [3.63, 3.8) is 0 Å². The van der Waals surface area contributed by atoms with Gasteiger partial charge in [0.2, 0.25) is 0 Å². The molecule has 0 radical (unpaired) electrons. The number of ether oxygens (including phenoxy) is 2. The van der Waals surface area contributed by atoms with E-state index in [4.69, 9.17) is 9.47 Å². The van der Waals surface area contributed by atoms with Crippen LogP contribution in [0.1, 0.15) is 30.9 Å². The van der Waals surface area contributed by atoms with E-state index in [2.05, 4.69) is 20.0 Å². The number of aromatic hydroxyl groups is 1. The number of piperidine rings is 1. The summed E-state index contributed by atoms with van der Waals surface area (Å²) in [5, 5.41) is 11.0. The number of hydrogen-bond acceptors (Lipinski definition) is 4. The minimum absolute atomic E-state index is 0. The standard InChI is InChI=1S/C21H27NO4.BrH/c1-5-22(2)9-8-21-12-16(23)18(26-4)11-14(21)15(22)10-13-6-7-17(25-3)20(24)19(13)21;/h6-7,11,14-15H,5,8-10,12H2,1-4H3;1H/t14-,15+,21-,22?;/m0./s1. The van der Waals surface area contributed by atoms with Gasteiger partial charge in [-0.1, -0.05) is 6.07 Å². The van der Waals surface area contributed by atoms with Gasteiger partial charge in [-0.05, 0) is 24.6 Å². The lowest BCUT2D eigenvalue weighted by Crippen LogP contribution is -3.00. The fourth-order valence-electron chi connectivity index (χ4n) is 5.68. The van der Waals surface area contributed by atoms with Gasteiger partial charge in [0.25, 0.3) is 0 Å². The molecular weight excluding hydrogens is 410 g/mol. The highest BCUT2D eigenvalue weighted by molar-refractivity contribution is 5.96. The first-order valence-electron chi connectivity index (χ1n) is 9.42. The molecule has 1 unspecified atom stereocenters. The van der Waals surface area contributed by atoms with Gasteiger partial charge < -0.3 is 36.0 Å². The zero-order chi connectivity index (χ0) is 18.7. The first-order chi connectivity index (χ1) is 12.4. The summed E-state index contributed by atoms with van der Waals surface area (Å²) in [6.07, 6.45) is 4.21. The molecule has 1 aromatic rings. The predicted octanol–water partition coefficient (Wildman–Crippen LogP) is -0.443. The summed E-state index contributed by atoms with van der Waals surface area (Å²) in [4.78, 5) is 12.8. The monoisotopic (exact) mass is 437 g/mol. The first-order valence-corrected chi connectivity index (χ1v) is 9.42. The number of rotatable bonds is 3. The molecule has 0 saturated carbocycles. The maximum atomic E-state index is 12.8. The minimum atomic E-state index is -0.358. The van der Waals surface area contributed by atoms with Crippen molar-refractivity contribution in [2.45, 2.75) is 37.6 Å². The minimum Gasteiger partial charge on any atom is -1.00 e. The van der Waals surface area contributed by atoms with Gasteiger partial charge in [0, 0.05) is 36.2 Å². The summed E-state index contributed by atoms with van der Waals surface area (Å²) < 4.78 is 11.8. The SMILES string of the molecule is CC[N+]1(C)CC[C@]23CC(=O)C(OC)=C[C@H]2[C@H]1Cc1ccc(OC)c(O)c13.[Br-]. The van der Waals surface area contributed by atoms with Crippen LogP contribution in [0.4, 0.5) is 0 Å². The number of hydrogen-bond donors (Lipinski definition) is 1. The highest BCUT2D eigenvalue weighted by atomic mass is 79.9. The number of allylic oxidation sites excluding steroid dienone is 1. The van der Waals surface area contributed by atoms with Crippen LogP contribution in [0.15, 0.2) is 24.0 Å². The van der Waals surface area contributed by atoms with E-state index in [-0.39, 0.29) is 39.8 Å². The number of nitrogens with zero attached hydrogens (tertiary/aromatic N) is 1. The number of likely N-dealkylation sites (tertiary alicyclic amines) is 1. The number of quaternary nitrogens is 1. The maximum Gasteiger partial charge on any atom is 0.197 e. The van der Waals surface area contributed by atoms with Crippen LogP contribution < -0.4 is 21.7 Å². The van der Waals surface area contributed by atoms with Crippen LogP contribution in [-0.4, -0.2) is 55.8 Å². The lowest BCUT2D eigenvalue weighted by atomic mass is 9.53. The van der Waals surface area contributed by atoms with Crippen LogP contribution in [0.5, 0.6) is 11.5 Å². The molecule has 0 spiro atoms. The number of carbonyl (C=O) groups is 1. The number of likely N-dealkylation sites (N-methyl/N-ethyl adjacent to an activating group) is 1. The Morgan fingerprint density at radius 3 is 2.67 bits per heavy atom. The summed E-state index contributed by atoms with van der Waals surface area (Å²) in [6.45, 7) is 4.30. The molecule has 3 aliphatic rings. The molecule has 2 bridgehead atoms. The van der Waals surface area contributed by atoms with E-state index in [9.17, 15) is 9.90 Å². The quantitative estimate of drug-likeness (QED) is 0.651. The second kappa shape index (κ2) is 6.82. The Kier molecular flexibility index (Phi) is 5.10. The van der Waals surface area contributed by atoms with E-state index in [0.29, 0.717) is 24.0 Å². The van der Waals surface area contributed by atoms with E-state index < -0.39 is 0 Å². The molecule has 0 aromatic heterocycles. The Morgan fingerprint density at radius 1 is 1.30 bits per heavy atom. The molecule has 1 aromatic carbocycles. The van der Waals surface area contributed by atoms with Crippen molar-refractivity contribution < 1.29 is 40.8 Å². The third-order valence-corrected chi connectivity index (χ3v) is 7.32. The molecule has 27 heavy (non-hydrogen) atoms. The summed E-state index contributed by atoms with van der Waals surface area (Å²) in [6, 6.07) is 4.30. The number of methoxy groups -OCH3 is 2. The summed E-state index contributed by atoms with van der Waals surface area (Å²) in [5.41, 5.74) is 1.73. The third kappa shape index (κ3) is 2.64. The smallest absolute Gasteiger partial charge is 0.197 e. The Hall–Kier alpha value is -1.53. The average Bonchev–Trinajstić information content (AvgIpc) is 2.64. The van der Waals surface area contributed by atoms with Crippen LogP contribution in [0.25, 0.3) is 0 Å². The molecular formula is C21H28BrNO4. The number of Topliss-reactive ketones (excluding diaryl/α,β-unsaturated/α-hetero) is 1. The average molecular weight is 438 g/mol. The van der Waals surface area contributed by atoms with Gasteiger partial charge in [0.15, 0.2) is 23.0 Å². The number of benzene rings is 1. The maximum absolute atomic E-state index is 12.8. The predicted molar refractivity (Wildman–Crippen MR) is 98.2 cm³/mol. The third-order valence-electron chi connectivity index (χ3n) is 7.32. The largest absolute Gasteiger partial charge is 1.00 e. The molecule has 1 heterocycles. The molecule has 0 amide bonds. The number of fused-ring (bicyclic) bond motifs is 1. The lowest BCUT2D eigenvalue weighted by molar-refractivity contribution is -0.942. The molecule has 1 N–H and O–H groups in total. The molecule has 148 valence electrons. The molecule has 5 nitrogen and oxygen atoms in total. The number of phenolic OH excluding ortho intramolecular Hbond substituents is 1. The topological polar surface area (TPSA) is 55.8 Å². The normalized spacial score (nSPS) is 33.9. The fourth-order valence-corrected chi connectivity index (χ4v) is 5.68. The van der Waals surface area contributed by atoms with Crippen molar-refractivity contribution in [1.29, 1.82) is 0 Å². The van der Waals surface area contributed by atoms with Crippen molar-refractivity contribution in [3.05, 3.63) is 35.1 Å². The highest BCUT2D eigenvalue weighted by Crippen LogP contribution is 2.58. The van der Waals surface area contributed by atoms with Gasteiger partial charge in [0.1, 0.15) is 6.04 Å². The molecule has 6 heteroatoms. The van der Waals surface area contributed by atoms with Gasteiger partial charge >= 0.3 is 0 Å². The van der Waals surface area contributed by atoms with E-state index in [1.54, 1.807) is 14.2 Å². The summed E-state index contributed by atoms with van der Waals surface area (Å²) in [5.74, 6) is 1.39. The Balaban J connectivity index is 0.00000210. The van der Waals surface area contributed by atoms with Gasteiger partial charge in [-0.15, -0.1) is 0 Å². The lowest BCUT2D eigenvalue weighted by Gasteiger charge is -2.59. The van der Waals surface area contributed by atoms with E-state index >= 15 is 0 Å². The van der Waals surface area contributed by atoms with Gasteiger partial charge in [-0.2, -0.15) is 0 Å². The zero-order valence-electron chi connectivity index (χ0n) is 16.4. The van der Waals surface area contributed by atoms with Crippen molar-refractivity contribution in [1.82, 2.24) is 0 Å². The van der Waals surface area contributed by atoms with Gasteiger partial charge in [-0.3, -0.25) is 4.79 Å². The first kappa shape index (κ1) is 20.2. The van der Waals surface area contributed by atoms with E-state index in [0.717, 1.165) is 41.5 Å². The Labute approximate surface area is 171 Å². The van der Waals surface area contributed by atoms with Gasteiger partial charge in [-0.25, -0.2) is 0 Å². The second-order valence-electron chi connectivity index (χ2n) is 8.21. The molecule has 4 atom stereocenters. The van der Waals surface area contributed by atoms with E-state index in [1.807, 2.05) is 12.1 Å². The van der Waals surface area contributed by atoms with E-state index in [1.165, 1.54) is 0 Å². The molecule has 1 fully saturated rings. The number of ketones is 1. The molecule has 2 aliphatic carbocycles. The molecule has 1 aliphatic heterocycles. The Morgan fingerprint density at radius 2 is 2.04 bits per heavy atom. The van der Waals surface area contributed by atoms with Crippen LogP contribution in [0, 0.1) is 5.92 Å². The Bertz CT molecular complexity index is 808. The number of halogens is 1. The molecule has 1 saturated heterocycles. The zero-order valence-corrected chi connectivity index (χ0v) is 18.0. The second-order valence-corrected chi connectivity index (χ2v) is 8.21. The number of phenols is 1. The summed E-state index contributed by atoms with van der Waals surface area (Å²) in [7, 11) is 5.46. The van der Waals surface area contributed by atoms with Crippen molar-refractivity contribution in [3.8, 4) is 11.5 Å². The van der Waals surface area contributed by atoms with Gasteiger partial charge in [0.05, 0.1) is 34.4 Å². The summed E-state index contributed by atoms with van der Waals surface area (Å²) >= 11 is 0. The highest BCUT2D eigenvalue weighted by Gasteiger charge is 2.61. The van der Waals surface area contributed by atoms with Crippen LogP contribution in [0.2, 0.25) is 0 Å². The van der Waals surface area contributed by atoms with Crippen LogP contribution >= 0.6 is 0 Å². The van der Waals surface area contributed by atoms with Crippen molar-refractivity contribution >= 4 is 5.78 Å². The van der Waals surface area contributed by atoms with Crippen molar-refractivity contribution in [2.24, 2.45) is 5.92 Å². The van der Waals surface area contributed by atoms with Crippen LogP contribution in [0.3, 0.4) is 0 Å². The van der Waals surface area contributed by atoms with Crippen molar-refractivity contribution in [2.75, 3.05) is 34.4 Å². The fraction of sp³-hybridized carbons (Fsp3) is 0.571. The van der Waals surface area contributed by atoms with Crippen LogP contribution in [-0.2, 0) is 21.4 Å².